The van der Waals surface area contributed by atoms with Crippen molar-refractivity contribution in [2.75, 3.05) is 39.5 Å². The van der Waals surface area contributed by atoms with Gasteiger partial charge in [-0.15, -0.1) is 13.2 Å². The molecule has 4 fully saturated rings. The third kappa shape index (κ3) is 4.92. The van der Waals surface area contributed by atoms with Crippen LogP contribution >= 0.6 is 0 Å². The molecule has 4 rings (SSSR count). The van der Waals surface area contributed by atoms with Crippen molar-refractivity contribution in [2.45, 2.75) is 115 Å². The van der Waals surface area contributed by atoms with Gasteiger partial charge in [-0.05, 0) is 55.4 Å². The molecule has 0 radical (unpaired) electrons. The summed E-state index contributed by atoms with van der Waals surface area (Å²) in [4.78, 5) is 5.04. The summed E-state index contributed by atoms with van der Waals surface area (Å²) in [6.45, 7) is 30.4. The lowest BCUT2D eigenvalue weighted by molar-refractivity contribution is -0.395. The van der Waals surface area contributed by atoms with Gasteiger partial charge in [-0.1, -0.05) is 12.2 Å². The van der Waals surface area contributed by atoms with E-state index < -0.39 is 11.6 Å². The zero-order valence-corrected chi connectivity index (χ0v) is 23.7. The van der Waals surface area contributed by atoms with Crippen LogP contribution in [0.25, 0.3) is 0 Å². The van der Waals surface area contributed by atoms with Crippen LogP contribution in [0.2, 0.25) is 0 Å². The maximum Gasteiger partial charge on any atom is 0.171 e. The number of rotatable bonds is 4. The first-order valence-electron chi connectivity index (χ1n) is 13.4. The van der Waals surface area contributed by atoms with Crippen LogP contribution in [0.4, 0.5) is 0 Å². The minimum Gasteiger partial charge on any atom is -0.349 e. The maximum atomic E-state index is 6.65. The molecule has 0 unspecified atom stereocenters. The van der Waals surface area contributed by atoms with Crippen LogP contribution in [-0.2, 0) is 18.9 Å². The van der Waals surface area contributed by atoms with Gasteiger partial charge in [0.2, 0.25) is 0 Å². The van der Waals surface area contributed by atoms with Crippen molar-refractivity contribution in [1.82, 2.24) is 9.80 Å². The molecule has 3 spiro atoms. The van der Waals surface area contributed by atoms with E-state index in [1.807, 2.05) is 12.2 Å². The van der Waals surface area contributed by atoms with Crippen LogP contribution in [0.15, 0.2) is 25.3 Å². The molecule has 0 aliphatic carbocycles. The van der Waals surface area contributed by atoms with Gasteiger partial charge in [-0.25, -0.2) is 0 Å². The monoisotopic (exact) mass is 490 g/mol. The van der Waals surface area contributed by atoms with Gasteiger partial charge in [0.1, 0.15) is 0 Å². The van der Waals surface area contributed by atoms with Crippen LogP contribution in [0, 0.1) is 5.41 Å². The van der Waals surface area contributed by atoms with Crippen LogP contribution in [0.5, 0.6) is 0 Å². The second kappa shape index (κ2) is 8.64. The third-order valence-electron chi connectivity index (χ3n) is 8.92. The lowest BCUT2D eigenvalue weighted by Gasteiger charge is -2.62. The fourth-order valence-corrected chi connectivity index (χ4v) is 7.91. The summed E-state index contributed by atoms with van der Waals surface area (Å²) in [5.74, 6) is -1.13. The molecule has 0 aromatic rings. The molecule has 200 valence electrons. The van der Waals surface area contributed by atoms with E-state index >= 15 is 0 Å². The van der Waals surface area contributed by atoms with Crippen molar-refractivity contribution in [3.05, 3.63) is 25.3 Å². The van der Waals surface area contributed by atoms with Crippen molar-refractivity contribution >= 4 is 0 Å². The van der Waals surface area contributed by atoms with Crippen molar-refractivity contribution in [3.8, 4) is 0 Å². The largest absolute Gasteiger partial charge is 0.349 e. The first kappa shape index (κ1) is 27.3. The first-order valence-corrected chi connectivity index (χ1v) is 13.4. The van der Waals surface area contributed by atoms with E-state index in [2.05, 4.69) is 78.3 Å². The predicted octanol–water partition coefficient (Wildman–Crippen LogP) is 5.14. The SMILES string of the molecule is C=CCN1C(C)(C)CC2(CC1(C)C)OCC1(CO2)COC2(CC(C)(C)N(CC=C)C(C)(C)C2)OC1. The number of piperidine rings is 2. The normalized spacial score (nSPS) is 32.5. The summed E-state index contributed by atoms with van der Waals surface area (Å²) in [6, 6.07) is 0. The Morgan fingerprint density at radius 3 is 1.03 bits per heavy atom. The first-order chi connectivity index (χ1) is 16.0. The van der Waals surface area contributed by atoms with Gasteiger partial charge in [0.25, 0.3) is 0 Å². The van der Waals surface area contributed by atoms with Crippen molar-refractivity contribution in [3.63, 3.8) is 0 Å². The zero-order chi connectivity index (χ0) is 26.0. The summed E-state index contributed by atoms with van der Waals surface area (Å²) < 4.78 is 26.6. The quantitative estimate of drug-likeness (QED) is 0.509. The Balaban J connectivity index is 1.43. The fourth-order valence-electron chi connectivity index (χ4n) is 7.91. The second-order valence-electron chi connectivity index (χ2n) is 14.2. The molecule has 0 saturated carbocycles. The fraction of sp³-hybridized carbons (Fsp3) is 0.862. The topological polar surface area (TPSA) is 43.4 Å². The van der Waals surface area contributed by atoms with Crippen LogP contribution in [0.3, 0.4) is 0 Å². The van der Waals surface area contributed by atoms with E-state index in [-0.39, 0.29) is 27.6 Å². The highest BCUT2D eigenvalue weighted by atomic mass is 16.7. The Labute approximate surface area is 214 Å². The standard InChI is InChI=1S/C29H50N2O4/c1-11-13-30-23(3,4)15-28(16-24(30,5)6)32-19-27(20-33-28)21-34-29(35-22-27)17-25(7,8)31(14-12-2)26(9,10)18-29/h11-12H,1-2,13-22H2,3-10H3. The minimum atomic E-state index is -0.564. The molecule has 0 aromatic carbocycles. The molecule has 0 atom stereocenters. The molecule has 0 bridgehead atoms. The second-order valence-corrected chi connectivity index (χ2v) is 14.2. The molecular weight excluding hydrogens is 440 g/mol. The van der Waals surface area contributed by atoms with E-state index in [1.54, 1.807) is 0 Å². The Morgan fingerprint density at radius 1 is 0.543 bits per heavy atom. The van der Waals surface area contributed by atoms with Crippen molar-refractivity contribution in [2.24, 2.45) is 5.41 Å². The van der Waals surface area contributed by atoms with Gasteiger partial charge in [0.15, 0.2) is 11.6 Å². The summed E-state index contributed by atoms with van der Waals surface area (Å²) >= 11 is 0. The van der Waals surface area contributed by atoms with E-state index in [0.29, 0.717) is 26.4 Å². The Morgan fingerprint density at radius 2 is 0.800 bits per heavy atom. The van der Waals surface area contributed by atoms with Crippen molar-refractivity contribution < 1.29 is 18.9 Å². The minimum absolute atomic E-state index is 0.0549. The van der Waals surface area contributed by atoms with E-state index in [0.717, 1.165) is 38.8 Å². The molecule has 4 saturated heterocycles. The molecule has 6 heteroatoms. The van der Waals surface area contributed by atoms with Crippen molar-refractivity contribution in [1.29, 1.82) is 0 Å². The number of nitrogens with zero attached hydrogens (tertiary/aromatic N) is 2. The zero-order valence-electron chi connectivity index (χ0n) is 23.7. The van der Waals surface area contributed by atoms with Gasteiger partial charge in [0.05, 0.1) is 31.8 Å². The molecule has 4 heterocycles. The smallest absolute Gasteiger partial charge is 0.171 e. The number of hydrogen-bond donors (Lipinski definition) is 0. The van der Waals surface area contributed by atoms with Gasteiger partial charge < -0.3 is 18.9 Å². The van der Waals surface area contributed by atoms with E-state index in [4.69, 9.17) is 18.9 Å². The molecule has 35 heavy (non-hydrogen) atoms. The lowest BCUT2D eigenvalue weighted by Crippen LogP contribution is -2.71. The highest BCUT2D eigenvalue weighted by Gasteiger charge is 2.60. The highest BCUT2D eigenvalue weighted by molar-refractivity contribution is 5.09. The maximum absolute atomic E-state index is 6.65. The average Bonchev–Trinajstić information content (AvgIpc) is 2.71. The molecule has 0 N–H and O–H groups in total. The summed E-state index contributed by atoms with van der Waals surface area (Å²) in [6.07, 6.45) is 7.33. The lowest BCUT2D eigenvalue weighted by atomic mass is 9.74. The summed E-state index contributed by atoms with van der Waals surface area (Å²) in [5, 5.41) is 0. The number of hydrogen-bond acceptors (Lipinski definition) is 6. The summed E-state index contributed by atoms with van der Waals surface area (Å²) in [7, 11) is 0. The number of likely N-dealkylation sites (tertiary alicyclic amines) is 2. The average molecular weight is 491 g/mol. The predicted molar refractivity (Wildman–Crippen MR) is 140 cm³/mol. The van der Waals surface area contributed by atoms with E-state index in [9.17, 15) is 0 Å². The van der Waals surface area contributed by atoms with Gasteiger partial charge >= 0.3 is 0 Å². The Hall–Kier alpha value is -0.760. The summed E-state index contributed by atoms with van der Waals surface area (Å²) in [5.41, 5.74) is -0.474. The van der Waals surface area contributed by atoms with Crippen LogP contribution in [0.1, 0.15) is 81.1 Å². The Kier molecular flexibility index (Phi) is 6.73. The Bertz CT molecular complexity index is 703. The molecule has 4 aliphatic heterocycles. The van der Waals surface area contributed by atoms with Gasteiger partial charge in [0, 0.05) is 60.9 Å². The van der Waals surface area contributed by atoms with Gasteiger partial charge in [-0.3, -0.25) is 9.80 Å². The van der Waals surface area contributed by atoms with Crippen LogP contribution in [-0.4, -0.2) is 83.0 Å². The molecule has 0 amide bonds. The number of ether oxygens (including phenoxy) is 4. The molecular formula is C29H50N2O4. The highest BCUT2D eigenvalue weighted by Crippen LogP contribution is 2.52. The molecule has 0 aromatic heterocycles. The van der Waals surface area contributed by atoms with Crippen LogP contribution < -0.4 is 0 Å². The van der Waals surface area contributed by atoms with E-state index in [1.165, 1.54) is 0 Å². The molecule has 4 aliphatic rings. The van der Waals surface area contributed by atoms with Gasteiger partial charge in [-0.2, -0.15) is 0 Å². The molecule has 6 nitrogen and oxygen atoms in total. The third-order valence-corrected chi connectivity index (χ3v) is 8.92.